The number of benzene rings is 2. The third-order valence-corrected chi connectivity index (χ3v) is 6.91. The van der Waals surface area contributed by atoms with Gasteiger partial charge in [0, 0.05) is 6.54 Å². The van der Waals surface area contributed by atoms with Crippen LogP contribution in [0.2, 0.25) is 0 Å². The van der Waals surface area contributed by atoms with Gasteiger partial charge in [-0.1, -0.05) is 23.5 Å². The maximum atomic E-state index is 13.0. The number of amides is 1. The lowest BCUT2D eigenvalue weighted by Gasteiger charge is -2.04. The number of hydrogen-bond donors (Lipinski definition) is 1. The molecule has 0 aliphatic carbocycles. The van der Waals surface area contributed by atoms with Gasteiger partial charge in [-0.2, -0.15) is 0 Å². The molecule has 0 unspecified atom stereocenters. The van der Waals surface area contributed by atoms with Crippen LogP contribution < -0.4 is 10.1 Å². The Morgan fingerprint density at radius 3 is 2.44 bits per heavy atom. The van der Waals surface area contributed by atoms with E-state index < -0.39 is 21.6 Å². The maximum Gasteiger partial charge on any atom is 0.280 e. The number of carbonyl (C=O) groups is 1. The molecule has 0 radical (unpaired) electrons. The Labute approximate surface area is 159 Å². The first kappa shape index (κ1) is 19.0. The largest absolute Gasteiger partial charge is 0.497 e. The number of carbonyl (C=O) groups excluding carboxylic acids is 1. The van der Waals surface area contributed by atoms with Crippen LogP contribution in [0.5, 0.6) is 5.75 Å². The molecule has 0 spiro atoms. The zero-order chi connectivity index (χ0) is 19.4. The lowest BCUT2D eigenvalue weighted by Crippen LogP contribution is -2.22. The predicted molar refractivity (Wildman–Crippen MR) is 98.1 cm³/mol. The third kappa shape index (κ3) is 4.32. The van der Waals surface area contributed by atoms with Crippen LogP contribution in [-0.4, -0.2) is 26.4 Å². The van der Waals surface area contributed by atoms with Crippen LogP contribution in [0.15, 0.2) is 63.8 Å². The SMILES string of the molecule is COc1ccc(CNC(=O)c2ncc(S(=O)(=O)c3ccc(F)cc3)s2)cc1. The van der Waals surface area contributed by atoms with E-state index in [0.717, 1.165) is 35.2 Å². The lowest BCUT2D eigenvalue weighted by molar-refractivity contribution is 0.0950. The van der Waals surface area contributed by atoms with Crippen molar-refractivity contribution < 1.29 is 22.3 Å². The Balaban J connectivity index is 1.70. The van der Waals surface area contributed by atoms with Gasteiger partial charge in [-0.25, -0.2) is 17.8 Å². The summed E-state index contributed by atoms with van der Waals surface area (Å²) < 4.78 is 43.0. The number of halogens is 1. The van der Waals surface area contributed by atoms with Gasteiger partial charge < -0.3 is 10.1 Å². The van der Waals surface area contributed by atoms with Crippen LogP contribution in [0.4, 0.5) is 4.39 Å². The van der Waals surface area contributed by atoms with Crippen molar-refractivity contribution in [2.45, 2.75) is 15.6 Å². The molecule has 0 saturated carbocycles. The highest BCUT2D eigenvalue weighted by molar-refractivity contribution is 7.93. The first-order chi connectivity index (χ1) is 12.9. The smallest absolute Gasteiger partial charge is 0.280 e. The molecule has 1 amide bonds. The Kier molecular flexibility index (Phi) is 5.52. The van der Waals surface area contributed by atoms with E-state index in [1.807, 2.05) is 12.1 Å². The molecule has 2 aromatic carbocycles. The summed E-state index contributed by atoms with van der Waals surface area (Å²) >= 11 is 0.763. The summed E-state index contributed by atoms with van der Waals surface area (Å²) in [6, 6.07) is 11.7. The highest BCUT2D eigenvalue weighted by Crippen LogP contribution is 2.26. The van der Waals surface area contributed by atoms with Gasteiger partial charge in [-0.15, -0.1) is 0 Å². The minimum Gasteiger partial charge on any atom is -0.497 e. The zero-order valence-electron chi connectivity index (χ0n) is 14.2. The van der Waals surface area contributed by atoms with Gasteiger partial charge in [-0.05, 0) is 42.0 Å². The van der Waals surface area contributed by atoms with Crippen LogP contribution in [0, 0.1) is 5.82 Å². The van der Waals surface area contributed by atoms with Crippen molar-refractivity contribution >= 4 is 27.1 Å². The van der Waals surface area contributed by atoms with Gasteiger partial charge in [0.2, 0.25) is 9.84 Å². The minimum atomic E-state index is -3.85. The maximum absolute atomic E-state index is 13.0. The van der Waals surface area contributed by atoms with Gasteiger partial charge in [0.05, 0.1) is 18.2 Å². The molecule has 0 saturated heterocycles. The van der Waals surface area contributed by atoms with Crippen molar-refractivity contribution in [2.24, 2.45) is 0 Å². The van der Waals surface area contributed by atoms with Gasteiger partial charge in [0.15, 0.2) is 5.01 Å². The molecule has 0 aliphatic rings. The zero-order valence-corrected chi connectivity index (χ0v) is 15.8. The average Bonchev–Trinajstić information content (AvgIpc) is 3.18. The summed E-state index contributed by atoms with van der Waals surface area (Å²) in [4.78, 5) is 16.1. The number of rotatable bonds is 6. The molecule has 3 aromatic rings. The Morgan fingerprint density at radius 1 is 1.15 bits per heavy atom. The van der Waals surface area contributed by atoms with Crippen molar-refractivity contribution in [1.29, 1.82) is 0 Å². The van der Waals surface area contributed by atoms with Crippen molar-refractivity contribution in [3.63, 3.8) is 0 Å². The molecule has 6 nitrogen and oxygen atoms in total. The number of methoxy groups -OCH3 is 1. The van der Waals surface area contributed by atoms with E-state index in [2.05, 4.69) is 10.3 Å². The number of aromatic nitrogens is 1. The molecule has 3 rings (SSSR count). The number of hydrogen-bond acceptors (Lipinski definition) is 6. The fourth-order valence-electron chi connectivity index (χ4n) is 2.22. The van der Waals surface area contributed by atoms with Gasteiger partial charge in [0.25, 0.3) is 5.91 Å². The average molecular weight is 406 g/mol. The highest BCUT2D eigenvalue weighted by atomic mass is 32.2. The molecule has 0 fully saturated rings. The Hall–Kier alpha value is -2.78. The first-order valence-electron chi connectivity index (χ1n) is 7.78. The van der Waals surface area contributed by atoms with Crippen LogP contribution in [0.3, 0.4) is 0 Å². The molecule has 1 N–H and O–H groups in total. The topological polar surface area (TPSA) is 85.4 Å². The van der Waals surface area contributed by atoms with Crippen molar-refractivity contribution in [3.8, 4) is 5.75 Å². The molecule has 0 bridgehead atoms. The van der Waals surface area contributed by atoms with Crippen LogP contribution in [0.1, 0.15) is 15.4 Å². The van der Waals surface area contributed by atoms with Crippen LogP contribution >= 0.6 is 11.3 Å². The number of nitrogens with zero attached hydrogens (tertiary/aromatic N) is 1. The van der Waals surface area contributed by atoms with Crippen molar-refractivity contribution in [2.75, 3.05) is 7.11 Å². The van der Waals surface area contributed by atoms with E-state index in [4.69, 9.17) is 4.74 Å². The fourth-order valence-corrected chi connectivity index (χ4v) is 4.67. The molecule has 27 heavy (non-hydrogen) atoms. The second kappa shape index (κ2) is 7.85. The quantitative estimate of drug-likeness (QED) is 0.636. The minimum absolute atomic E-state index is 0.0317. The fraction of sp³-hybridized carbons (Fsp3) is 0.111. The standard InChI is InChI=1S/C18H15FN2O4S2/c1-25-14-6-2-12(3-7-14)10-20-17(22)18-21-11-16(26-18)27(23,24)15-8-4-13(19)5-9-15/h2-9,11H,10H2,1H3,(H,20,22). The van der Waals surface area contributed by atoms with E-state index in [-0.39, 0.29) is 20.7 Å². The number of nitrogens with one attached hydrogen (secondary N) is 1. The molecule has 1 aromatic heterocycles. The molecule has 140 valence electrons. The van der Waals surface area contributed by atoms with E-state index >= 15 is 0 Å². The van der Waals surface area contributed by atoms with E-state index in [1.165, 1.54) is 12.1 Å². The second-order valence-electron chi connectivity index (χ2n) is 5.47. The van der Waals surface area contributed by atoms with Crippen LogP contribution in [0.25, 0.3) is 0 Å². The van der Waals surface area contributed by atoms with Gasteiger partial charge in [0.1, 0.15) is 15.8 Å². The summed E-state index contributed by atoms with van der Waals surface area (Å²) in [5, 5.41) is 2.72. The Morgan fingerprint density at radius 2 is 1.81 bits per heavy atom. The summed E-state index contributed by atoms with van der Waals surface area (Å²) in [6.45, 7) is 0.266. The van der Waals surface area contributed by atoms with E-state index in [1.54, 1.807) is 19.2 Å². The summed E-state index contributed by atoms with van der Waals surface area (Å²) in [7, 11) is -2.28. The molecule has 9 heteroatoms. The first-order valence-corrected chi connectivity index (χ1v) is 10.1. The van der Waals surface area contributed by atoms with E-state index in [9.17, 15) is 17.6 Å². The van der Waals surface area contributed by atoms with Crippen LogP contribution in [-0.2, 0) is 16.4 Å². The highest BCUT2D eigenvalue weighted by Gasteiger charge is 2.23. The number of ether oxygens (including phenoxy) is 1. The summed E-state index contributed by atoms with van der Waals surface area (Å²) in [5.41, 5.74) is 0.861. The molecule has 1 heterocycles. The monoisotopic (exact) mass is 406 g/mol. The lowest BCUT2D eigenvalue weighted by atomic mass is 10.2. The van der Waals surface area contributed by atoms with Crippen molar-refractivity contribution in [1.82, 2.24) is 10.3 Å². The second-order valence-corrected chi connectivity index (χ2v) is 8.68. The predicted octanol–water partition coefficient (Wildman–Crippen LogP) is 3.05. The summed E-state index contributed by atoms with van der Waals surface area (Å²) in [6.07, 6.45) is 1.13. The van der Waals surface area contributed by atoms with Gasteiger partial charge >= 0.3 is 0 Å². The number of thiazole rings is 1. The molecule has 0 aliphatic heterocycles. The number of sulfone groups is 1. The van der Waals surface area contributed by atoms with Crippen molar-refractivity contribution in [3.05, 3.63) is 71.1 Å². The molecular weight excluding hydrogens is 391 g/mol. The van der Waals surface area contributed by atoms with Gasteiger partial charge in [-0.3, -0.25) is 4.79 Å². The van der Waals surface area contributed by atoms with E-state index in [0.29, 0.717) is 5.75 Å². The normalized spacial score (nSPS) is 11.2. The Bertz CT molecular complexity index is 1050. The third-order valence-electron chi connectivity index (χ3n) is 3.68. The summed E-state index contributed by atoms with van der Waals surface area (Å²) in [5.74, 6) is -0.297. The molecular formula is C18H15FN2O4S2. The molecule has 0 atom stereocenters.